The number of nitrogens with one attached hydrogen (secondary N) is 1. The highest BCUT2D eigenvalue weighted by Crippen LogP contribution is 2.10. The van der Waals surface area contributed by atoms with Gasteiger partial charge in [-0.3, -0.25) is 9.59 Å². The third kappa shape index (κ3) is 15.4. The number of ether oxygens (including phenoxy) is 1. The summed E-state index contributed by atoms with van der Waals surface area (Å²) >= 11 is 8.46. The van der Waals surface area contributed by atoms with Crippen molar-refractivity contribution < 1.29 is 19.1 Å². The zero-order valence-corrected chi connectivity index (χ0v) is 18.2. The van der Waals surface area contributed by atoms with E-state index >= 15 is 0 Å². The summed E-state index contributed by atoms with van der Waals surface area (Å²) in [7, 11) is 0. The Morgan fingerprint density at radius 2 is 1.89 bits per heavy atom. The molecule has 0 bridgehead atoms. The van der Waals surface area contributed by atoms with Gasteiger partial charge in [0, 0.05) is 19.2 Å². The van der Waals surface area contributed by atoms with Crippen LogP contribution in [-0.2, 0) is 9.53 Å². The van der Waals surface area contributed by atoms with Crippen LogP contribution in [0.5, 0.6) is 0 Å². The van der Waals surface area contributed by atoms with E-state index in [-0.39, 0.29) is 19.1 Å². The Morgan fingerprint density at radius 1 is 1.25 bits per heavy atom. The van der Waals surface area contributed by atoms with E-state index in [4.69, 9.17) is 22.1 Å². The van der Waals surface area contributed by atoms with E-state index in [2.05, 4.69) is 26.2 Å². The van der Waals surface area contributed by atoms with Gasteiger partial charge >= 0.3 is 6.09 Å². The van der Waals surface area contributed by atoms with Gasteiger partial charge in [0.25, 0.3) is 5.91 Å². The number of hydrogen-bond acceptors (Lipinski definition) is 5. The third-order valence-corrected chi connectivity index (χ3v) is 3.90. The van der Waals surface area contributed by atoms with Crippen LogP contribution in [0.4, 0.5) is 4.79 Å². The van der Waals surface area contributed by atoms with Gasteiger partial charge in [-0.05, 0) is 61.7 Å². The second kappa shape index (κ2) is 15.3. The van der Waals surface area contributed by atoms with Crippen LogP contribution < -0.4 is 11.1 Å². The summed E-state index contributed by atoms with van der Waals surface area (Å²) in [4.78, 5) is 36.5. The van der Waals surface area contributed by atoms with Crippen LogP contribution >= 0.6 is 27.5 Å². The number of ketones is 1. The number of carbonyl (C=O) groups is 3. The lowest BCUT2D eigenvalue weighted by Gasteiger charge is -2.19. The highest BCUT2D eigenvalue weighted by molar-refractivity contribution is 9.10. The Kier molecular flexibility index (Phi) is 15.6. The lowest BCUT2D eigenvalue weighted by atomic mass is 10.1. The number of halogens is 2. The zero-order valence-electron chi connectivity index (χ0n) is 15.9. The van der Waals surface area contributed by atoms with Gasteiger partial charge in [-0.15, -0.1) is 11.6 Å². The molecular formula is C19H31BrClN3O4. The molecular weight excluding hydrogens is 450 g/mol. The Hall–Kier alpha value is -1.67. The molecule has 1 aromatic rings. The van der Waals surface area contributed by atoms with Crippen LogP contribution in [-0.4, -0.2) is 40.8 Å². The average molecular weight is 481 g/mol. The summed E-state index contributed by atoms with van der Waals surface area (Å²) in [6, 6.07) is 3.27. The van der Waals surface area contributed by atoms with Crippen LogP contribution in [0.3, 0.4) is 0 Å². The Bertz CT molecular complexity index is 621. The standard InChI is InChI=1S/C12H22ClNO3.C6H5BrN2O.CH4/c1-12(2,3)17-11(16)14-8-6-4-5-7-10(15)9-13;7-5-4(6(8)10)2-1-3-9-5;/h4-9H2,1-3H3,(H,14,16);1-3H,(H2,8,10);1H4. The molecule has 1 rings (SSSR count). The molecule has 1 heterocycles. The van der Waals surface area contributed by atoms with Crippen molar-refractivity contribution in [2.75, 3.05) is 12.4 Å². The first-order chi connectivity index (χ1) is 12.6. The molecule has 0 aliphatic rings. The number of hydrogen-bond donors (Lipinski definition) is 2. The maximum absolute atomic E-state index is 11.2. The molecule has 0 unspecified atom stereocenters. The largest absolute Gasteiger partial charge is 0.444 e. The van der Waals surface area contributed by atoms with E-state index in [1.165, 1.54) is 0 Å². The number of unbranched alkanes of at least 4 members (excludes halogenated alkanes) is 2. The van der Waals surface area contributed by atoms with Crippen molar-refractivity contribution >= 4 is 45.3 Å². The lowest BCUT2D eigenvalue weighted by Crippen LogP contribution is -2.32. The molecule has 7 nitrogen and oxygen atoms in total. The van der Waals surface area contributed by atoms with E-state index in [0.29, 0.717) is 23.1 Å². The SMILES string of the molecule is C.CC(C)(C)OC(=O)NCCCCCC(=O)CCl.NC(=O)c1cccnc1Br. The molecule has 0 saturated carbocycles. The van der Waals surface area contributed by atoms with Gasteiger partial charge in [0.15, 0.2) is 0 Å². The number of alkyl halides is 1. The van der Waals surface area contributed by atoms with Crippen LogP contribution in [0.1, 0.15) is 64.2 Å². The van der Waals surface area contributed by atoms with Crippen LogP contribution in [0.25, 0.3) is 0 Å². The molecule has 2 amide bonds. The number of primary amides is 1. The number of aromatic nitrogens is 1. The van der Waals surface area contributed by atoms with E-state index in [9.17, 15) is 14.4 Å². The summed E-state index contributed by atoms with van der Waals surface area (Å²) in [6.45, 7) is 6.04. The number of nitrogens with two attached hydrogens (primary N) is 1. The van der Waals surface area contributed by atoms with Gasteiger partial charge in [0.05, 0.1) is 11.4 Å². The van der Waals surface area contributed by atoms with Gasteiger partial charge in [-0.2, -0.15) is 0 Å². The number of carbonyl (C=O) groups excluding carboxylic acids is 3. The van der Waals surface area contributed by atoms with Gasteiger partial charge < -0.3 is 15.8 Å². The summed E-state index contributed by atoms with van der Waals surface area (Å²) in [5.74, 6) is -0.303. The number of alkyl carbamates (subject to hydrolysis) is 1. The quantitative estimate of drug-likeness (QED) is 0.324. The molecule has 0 aliphatic heterocycles. The number of Topliss-reactive ketones (excluding diaryl/α,β-unsaturated/α-hetero) is 1. The zero-order chi connectivity index (χ0) is 20.9. The molecule has 0 fully saturated rings. The second-order valence-corrected chi connectivity index (χ2v) is 7.64. The van der Waals surface area contributed by atoms with Crippen molar-refractivity contribution in [2.24, 2.45) is 5.73 Å². The first kappa shape index (κ1) is 28.5. The van der Waals surface area contributed by atoms with E-state index in [0.717, 1.165) is 19.3 Å². The summed E-state index contributed by atoms with van der Waals surface area (Å²) in [6.07, 6.45) is 4.27. The van der Waals surface area contributed by atoms with Crippen LogP contribution in [0.2, 0.25) is 0 Å². The highest BCUT2D eigenvalue weighted by atomic mass is 79.9. The van der Waals surface area contributed by atoms with Crippen LogP contribution in [0, 0.1) is 0 Å². The molecule has 1 aromatic heterocycles. The molecule has 160 valence electrons. The predicted molar refractivity (Wildman–Crippen MR) is 116 cm³/mol. The molecule has 0 atom stereocenters. The van der Waals surface area contributed by atoms with Crippen molar-refractivity contribution in [1.29, 1.82) is 0 Å². The fraction of sp³-hybridized carbons (Fsp3) is 0.579. The maximum atomic E-state index is 11.2. The minimum atomic E-state index is -0.472. The van der Waals surface area contributed by atoms with Crippen molar-refractivity contribution in [1.82, 2.24) is 10.3 Å². The molecule has 3 N–H and O–H groups in total. The number of rotatable bonds is 8. The minimum Gasteiger partial charge on any atom is -0.444 e. The summed E-state index contributed by atoms with van der Waals surface area (Å²) in [5, 5.41) is 2.67. The van der Waals surface area contributed by atoms with Crippen LogP contribution in [0.15, 0.2) is 22.9 Å². The Balaban J connectivity index is 0. The fourth-order valence-electron chi connectivity index (χ4n) is 1.77. The van der Waals surface area contributed by atoms with Gasteiger partial charge in [0.1, 0.15) is 16.0 Å². The first-order valence-electron chi connectivity index (χ1n) is 8.51. The number of pyridine rings is 1. The number of nitrogens with zero attached hydrogens (tertiary/aromatic N) is 1. The second-order valence-electron chi connectivity index (χ2n) is 6.62. The normalized spacial score (nSPS) is 10.0. The smallest absolute Gasteiger partial charge is 0.407 e. The molecule has 0 saturated heterocycles. The van der Waals surface area contributed by atoms with Gasteiger partial charge in [0.2, 0.25) is 0 Å². The molecule has 0 spiro atoms. The van der Waals surface area contributed by atoms with Crippen molar-refractivity contribution in [2.45, 2.75) is 59.5 Å². The van der Waals surface area contributed by atoms with Crippen molar-refractivity contribution in [3.05, 3.63) is 28.5 Å². The molecule has 0 aromatic carbocycles. The van der Waals surface area contributed by atoms with Gasteiger partial charge in [-0.1, -0.05) is 13.8 Å². The molecule has 28 heavy (non-hydrogen) atoms. The van der Waals surface area contributed by atoms with Crippen molar-refractivity contribution in [3.63, 3.8) is 0 Å². The fourth-order valence-corrected chi connectivity index (χ4v) is 2.34. The predicted octanol–water partition coefficient (Wildman–Crippen LogP) is 4.46. The molecule has 9 heteroatoms. The summed E-state index contributed by atoms with van der Waals surface area (Å²) < 4.78 is 5.57. The summed E-state index contributed by atoms with van der Waals surface area (Å²) in [5.41, 5.74) is 4.95. The van der Waals surface area contributed by atoms with Gasteiger partial charge in [-0.25, -0.2) is 9.78 Å². The Labute approximate surface area is 180 Å². The monoisotopic (exact) mass is 479 g/mol. The Morgan fingerprint density at radius 3 is 2.36 bits per heavy atom. The highest BCUT2D eigenvalue weighted by Gasteiger charge is 2.15. The molecule has 0 aliphatic carbocycles. The lowest BCUT2D eigenvalue weighted by molar-refractivity contribution is -0.116. The topological polar surface area (TPSA) is 111 Å². The maximum Gasteiger partial charge on any atom is 0.407 e. The van der Waals surface area contributed by atoms with E-state index in [1.807, 2.05) is 20.8 Å². The first-order valence-corrected chi connectivity index (χ1v) is 9.84. The minimum absolute atomic E-state index is 0. The number of amides is 2. The average Bonchev–Trinajstić information content (AvgIpc) is 2.56. The third-order valence-electron chi connectivity index (χ3n) is 2.97. The molecule has 0 radical (unpaired) electrons. The van der Waals surface area contributed by atoms with Crippen molar-refractivity contribution in [3.8, 4) is 0 Å². The van der Waals surface area contributed by atoms with E-state index in [1.54, 1.807) is 18.3 Å². The van der Waals surface area contributed by atoms with E-state index < -0.39 is 17.6 Å².